The molecule has 2 heterocycles. The first-order valence-electron chi connectivity index (χ1n) is 8.49. The van der Waals surface area contributed by atoms with Crippen molar-refractivity contribution in [1.82, 2.24) is 19.1 Å². The van der Waals surface area contributed by atoms with E-state index in [1.165, 1.54) is 46.7 Å². The normalized spacial score (nSPS) is 14.9. The van der Waals surface area contributed by atoms with Crippen molar-refractivity contribution in [2.24, 2.45) is 0 Å². The topological polar surface area (TPSA) is 63.8 Å². The van der Waals surface area contributed by atoms with Gasteiger partial charge in [0.2, 0.25) is 0 Å². The Hall–Kier alpha value is -2.36. The van der Waals surface area contributed by atoms with E-state index in [1.807, 2.05) is 24.3 Å². The summed E-state index contributed by atoms with van der Waals surface area (Å²) in [5.74, 6) is -1.51. The summed E-state index contributed by atoms with van der Waals surface area (Å²) in [5.41, 5.74) is -1.66. The molecule has 0 saturated heterocycles. The summed E-state index contributed by atoms with van der Waals surface area (Å²) in [6, 6.07) is 11.0. The van der Waals surface area contributed by atoms with Gasteiger partial charge in [0, 0.05) is 22.3 Å². The maximum absolute atomic E-state index is 14.6. The molecule has 28 heavy (non-hydrogen) atoms. The van der Waals surface area contributed by atoms with Crippen molar-refractivity contribution >= 4 is 33.4 Å². The Bertz CT molecular complexity index is 1100. The second-order valence-electron chi connectivity index (χ2n) is 6.39. The molecule has 0 amide bonds. The summed E-state index contributed by atoms with van der Waals surface area (Å²) in [6.07, 6.45) is 2.79. The lowest BCUT2D eigenvalue weighted by molar-refractivity contribution is 0.0133. The SMILES string of the molecule is C[C@@H](Sc1nsc2ccccc12)[C@](O)(Cn1cncn1)c1ccc(F)cc1F. The van der Waals surface area contributed by atoms with Crippen molar-refractivity contribution in [2.45, 2.75) is 29.3 Å². The molecule has 0 bridgehead atoms. The number of rotatable bonds is 6. The molecule has 0 aliphatic rings. The van der Waals surface area contributed by atoms with Gasteiger partial charge in [-0.25, -0.2) is 18.4 Å². The van der Waals surface area contributed by atoms with Crippen LogP contribution >= 0.6 is 23.3 Å². The average molecular weight is 418 g/mol. The Balaban J connectivity index is 1.73. The summed E-state index contributed by atoms with van der Waals surface area (Å²) in [4.78, 5) is 3.88. The van der Waals surface area contributed by atoms with Gasteiger partial charge >= 0.3 is 0 Å². The van der Waals surface area contributed by atoms with Gasteiger partial charge in [-0.05, 0) is 30.6 Å². The minimum absolute atomic E-state index is 0.00364. The highest BCUT2D eigenvalue weighted by molar-refractivity contribution is 8.00. The predicted octanol–water partition coefficient (Wildman–Crippen LogP) is 4.23. The van der Waals surface area contributed by atoms with Gasteiger partial charge in [-0.15, -0.1) is 0 Å². The van der Waals surface area contributed by atoms with Crippen molar-refractivity contribution < 1.29 is 13.9 Å². The molecule has 0 radical (unpaired) electrons. The molecule has 0 unspecified atom stereocenters. The smallest absolute Gasteiger partial charge is 0.137 e. The Morgan fingerprint density at radius 2 is 2.07 bits per heavy atom. The van der Waals surface area contributed by atoms with E-state index in [2.05, 4.69) is 14.5 Å². The van der Waals surface area contributed by atoms with E-state index in [-0.39, 0.29) is 12.1 Å². The number of aromatic nitrogens is 4. The number of hydrogen-bond acceptors (Lipinski definition) is 6. The lowest BCUT2D eigenvalue weighted by Gasteiger charge is -2.34. The first-order valence-corrected chi connectivity index (χ1v) is 10.1. The molecule has 4 aromatic rings. The zero-order valence-corrected chi connectivity index (χ0v) is 16.4. The fourth-order valence-corrected chi connectivity index (χ4v) is 5.11. The molecule has 2 aromatic heterocycles. The Labute approximate surface area is 168 Å². The molecule has 0 saturated carbocycles. The number of nitrogens with zero attached hydrogens (tertiary/aromatic N) is 4. The van der Waals surface area contributed by atoms with Crippen LogP contribution < -0.4 is 0 Å². The van der Waals surface area contributed by atoms with Crippen molar-refractivity contribution in [2.75, 3.05) is 0 Å². The van der Waals surface area contributed by atoms with Crippen LogP contribution in [0.5, 0.6) is 0 Å². The van der Waals surface area contributed by atoms with Crippen LogP contribution in [0.15, 0.2) is 60.1 Å². The van der Waals surface area contributed by atoms with Gasteiger partial charge in [-0.2, -0.15) is 9.47 Å². The number of benzene rings is 2. The third-order valence-corrected chi connectivity index (χ3v) is 6.79. The monoisotopic (exact) mass is 418 g/mol. The van der Waals surface area contributed by atoms with Crippen LogP contribution in [0.1, 0.15) is 12.5 Å². The second kappa shape index (κ2) is 7.57. The van der Waals surface area contributed by atoms with E-state index in [0.29, 0.717) is 0 Å². The second-order valence-corrected chi connectivity index (χ2v) is 8.52. The van der Waals surface area contributed by atoms with Crippen molar-refractivity contribution in [3.8, 4) is 0 Å². The van der Waals surface area contributed by atoms with Crippen LogP contribution in [-0.4, -0.2) is 29.5 Å². The summed E-state index contributed by atoms with van der Waals surface area (Å²) >= 11 is 2.71. The molecule has 4 rings (SSSR count). The van der Waals surface area contributed by atoms with Crippen molar-refractivity contribution in [3.05, 3.63) is 72.3 Å². The Morgan fingerprint density at radius 3 is 2.82 bits per heavy atom. The summed E-state index contributed by atoms with van der Waals surface area (Å²) in [6.45, 7) is 1.75. The van der Waals surface area contributed by atoms with Crippen LogP contribution in [0.4, 0.5) is 8.78 Å². The number of fused-ring (bicyclic) bond motifs is 1. The molecule has 2 atom stereocenters. The first-order chi connectivity index (χ1) is 13.5. The summed E-state index contributed by atoms with van der Waals surface area (Å²) in [7, 11) is 0. The maximum Gasteiger partial charge on any atom is 0.137 e. The number of aliphatic hydroxyl groups is 1. The first kappa shape index (κ1) is 19.0. The van der Waals surface area contributed by atoms with Gasteiger partial charge < -0.3 is 5.11 Å². The van der Waals surface area contributed by atoms with Crippen LogP contribution in [0.25, 0.3) is 10.1 Å². The van der Waals surface area contributed by atoms with Crippen molar-refractivity contribution in [1.29, 1.82) is 0 Å². The summed E-state index contributed by atoms with van der Waals surface area (Å²) < 4.78 is 35.0. The fourth-order valence-electron chi connectivity index (χ4n) is 3.05. The lowest BCUT2D eigenvalue weighted by atomic mass is 9.90. The van der Waals surface area contributed by atoms with E-state index in [0.717, 1.165) is 27.2 Å². The molecule has 5 nitrogen and oxygen atoms in total. The third kappa shape index (κ3) is 3.52. The third-order valence-electron chi connectivity index (χ3n) is 4.57. The predicted molar refractivity (Wildman–Crippen MR) is 105 cm³/mol. The molecule has 144 valence electrons. The van der Waals surface area contributed by atoms with Gasteiger partial charge in [-0.3, -0.25) is 0 Å². The molecule has 0 aliphatic heterocycles. The minimum Gasteiger partial charge on any atom is -0.382 e. The van der Waals surface area contributed by atoms with E-state index in [1.54, 1.807) is 6.92 Å². The molecule has 0 aliphatic carbocycles. The molecule has 9 heteroatoms. The largest absolute Gasteiger partial charge is 0.382 e. The van der Waals surface area contributed by atoms with E-state index in [4.69, 9.17) is 0 Å². The highest BCUT2D eigenvalue weighted by Crippen LogP contribution is 2.41. The molecule has 2 aromatic carbocycles. The van der Waals surface area contributed by atoms with Gasteiger partial charge in [-0.1, -0.05) is 36.0 Å². The fraction of sp³-hybridized carbons (Fsp3) is 0.211. The molecule has 1 N–H and O–H groups in total. The lowest BCUT2D eigenvalue weighted by Crippen LogP contribution is -2.41. The van der Waals surface area contributed by atoms with Crippen molar-refractivity contribution in [3.63, 3.8) is 0 Å². The van der Waals surface area contributed by atoms with E-state index >= 15 is 0 Å². The minimum atomic E-state index is -1.67. The van der Waals surface area contributed by atoms with Crippen LogP contribution in [-0.2, 0) is 12.1 Å². The van der Waals surface area contributed by atoms with Crippen LogP contribution in [0.3, 0.4) is 0 Å². The highest BCUT2D eigenvalue weighted by atomic mass is 32.2. The Morgan fingerprint density at radius 1 is 1.25 bits per heavy atom. The number of halogens is 2. The zero-order chi connectivity index (χ0) is 19.7. The molecular formula is C19H16F2N4OS2. The van der Waals surface area contributed by atoms with Gasteiger partial charge in [0.05, 0.1) is 11.2 Å². The Kier molecular flexibility index (Phi) is 5.13. The zero-order valence-electron chi connectivity index (χ0n) is 14.8. The molecule has 0 spiro atoms. The molecule has 0 fully saturated rings. The summed E-state index contributed by atoms with van der Waals surface area (Å²) in [5, 5.41) is 16.8. The molecular weight excluding hydrogens is 402 g/mol. The van der Waals surface area contributed by atoms with Gasteiger partial charge in [0.15, 0.2) is 0 Å². The van der Waals surface area contributed by atoms with Crippen LogP contribution in [0.2, 0.25) is 0 Å². The average Bonchev–Trinajstić information content (AvgIpc) is 3.31. The van der Waals surface area contributed by atoms with Crippen LogP contribution in [0, 0.1) is 11.6 Å². The number of hydrogen-bond donors (Lipinski definition) is 1. The maximum atomic E-state index is 14.6. The highest BCUT2D eigenvalue weighted by Gasteiger charge is 2.40. The van der Waals surface area contributed by atoms with E-state index in [9.17, 15) is 13.9 Å². The van der Waals surface area contributed by atoms with E-state index < -0.39 is 22.5 Å². The standard InChI is InChI=1S/C19H16F2N4OS2/c1-12(27-18-14-4-2-3-5-17(14)28-24-18)19(26,9-25-11-22-10-23-25)15-7-6-13(20)8-16(15)21/h2-8,10-12,26H,9H2,1H3/t12-,19-/m1/s1. The van der Waals surface area contributed by atoms with Gasteiger partial charge in [0.1, 0.15) is 34.9 Å². The van der Waals surface area contributed by atoms with Gasteiger partial charge in [0.25, 0.3) is 0 Å². The quantitative estimate of drug-likeness (QED) is 0.475. The number of thioether (sulfide) groups is 1.